The van der Waals surface area contributed by atoms with Crippen molar-refractivity contribution >= 4 is 35.4 Å². The third kappa shape index (κ3) is 8.36. The summed E-state index contributed by atoms with van der Waals surface area (Å²) in [4.78, 5) is 53.6. The Morgan fingerprint density at radius 3 is 1.94 bits per heavy atom. The first kappa shape index (κ1) is 27.8. The number of piperazine rings is 2. The number of ketones is 1. The number of amides is 3. The average molecular weight is 496 g/mol. The Balaban J connectivity index is 1.98. The summed E-state index contributed by atoms with van der Waals surface area (Å²) in [5, 5.41) is 25.1. The van der Waals surface area contributed by atoms with Crippen molar-refractivity contribution < 1.29 is 19.2 Å². The Morgan fingerprint density at radius 2 is 1.43 bits per heavy atom. The van der Waals surface area contributed by atoms with Crippen LogP contribution < -0.4 is 38.5 Å². The molecule has 35 heavy (non-hydrogen) atoms. The SMILES string of the molecule is CN1C[C@H](C(=O)CN2C[C@H](C(N)=O)NC(=O)[C@@H]2CCCNC(=N)N)NC(=O)[C@@H]1CCCNC(=N)N. The number of carbonyl (C=O) groups excluding carboxylic acids is 4. The molecule has 2 aliphatic heterocycles. The van der Waals surface area contributed by atoms with E-state index < -0.39 is 36.0 Å². The zero-order chi connectivity index (χ0) is 26.1. The van der Waals surface area contributed by atoms with Crippen LogP contribution in [-0.2, 0) is 19.2 Å². The smallest absolute Gasteiger partial charge is 0.241 e. The Bertz CT molecular complexity index is 836. The van der Waals surface area contributed by atoms with Gasteiger partial charge in [0.2, 0.25) is 17.7 Å². The summed E-state index contributed by atoms with van der Waals surface area (Å²) in [5.41, 5.74) is 15.9. The number of nitrogens with zero attached hydrogens (tertiary/aromatic N) is 2. The van der Waals surface area contributed by atoms with Crippen molar-refractivity contribution in [2.45, 2.75) is 49.9 Å². The predicted octanol–water partition coefficient (Wildman–Crippen LogP) is -4.46. The van der Waals surface area contributed by atoms with Gasteiger partial charge in [-0.1, -0.05) is 0 Å². The molecule has 2 heterocycles. The second-order valence-electron chi connectivity index (χ2n) is 8.86. The fourth-order valence-electron chi connectivity index (χ4n) is 4.30. The van der Waals surface area contributed by atoms with Gasteiger partial charge >= 0.3 is 0 Å². The lowest BCUT2D eigenvalue weighted by Gasteiger charge is -2.40. The summed E-state index contributed by atoms with van der Waals surface area (Å²) in [6.07, 6.45) is 2.04. The molecule has 12 N–H and O–H groups in total. The lowest BCUT2D eigenvalue weighted by Crippen LogP contribution is -2.66. The van der Waals surface area contributed by atoms with Gasteiger partial charge in [-0.25, -0.2) is 0 Å². The van der Waals surface area contributed by atoms with E-state index in [1.54, 1.807) is 11.9 Å². The first-order valence-electron chi connectivity index (χ1n) is 11.5. The molecule has 0 aromatic heterocycles. The van der Waals surface area contributed by atoms with Crippen molar-refractivity contribution in [3.63, 3.8) is 0 Å². The molecule has 3 amide bonds. The first-order valence-corrected chi connectivity index (χ1v) is 11.5. The molecular formula is C20H37N11O4. The molecule has 0 radical (unpaired) electrons. The third-order valence-corrected chi connectivity index (χ3v) is 6.13. The zero-order valence-electron chi connectivity index (χ0n) is 19.9. The van der Waals surface area contributed by atoms with E-state index in [1.807, 2.05) is 4.90 Å². The minimum atomic E-state index is -0.918. The van der Waals surface area contributed by atoms with Crippen molar-refractivity contribution in [3.8, 4) is 0 Å². The number of hydrogen-bond acceptors (Lipinski definition) is 8. The van der Waals surface area contributed by atoms with Crippen LogP contribution in [0.3, 0.4) is 0 Å². The Hall–Kier alpha value is -3.46. The number of nitrogens with one attached hydrogen (secondary N) is 6. The third-order valence-electron chi connectivity index (χ3n) is 6.13. The molecule has 0 saturated carbocycles. The number of likely N-dealkylation sites (N-methyl/N-ethyl adjacent to an activating group) is 1. The van der Waals surface area contributed by atoms with Gasteiger partial charge in [0.05, 0.1) is 18.6 Å². The minimum absolute atomic E-state index is 0.0832. The number of primary amides is 1. The molecule has 0 bridgehead atoms. The maximum atomic E-state index is 13.1. The molecule has 2 saturated heterocycles. The van der Waals surface area contributed by atoms with Crippen LogP contribution in [0, 0.1) is 10.8 Å². The van der Waals surface area contributed by atoms with Crippen LogP contribution in [0.5, 0.6) is 0 Å². The second-order valence-corrected chi connectivity index (χ2v) is 8.86. The van der Waals surface area contributed by atoms with E-state index in [0.29, 0.717) is 45.3 Å². The highest BCUT2D eigenvalue weighted by molar-refractivity contribution is 5.95. The largest absolute Gasteiger partial charge is 0.370 e. The summed E-state index contributed by atoms with van der Waals surface area (Å²) in [7, 11) is 1.77. The number of guanidine groups is 2. The lowest BCUT2D eigenvalue weighted by atomic mass is 9.99. The standard InChI is InChI=1S/C20H37N11O4/c1-30-8-11(28-17(34)13(30)4-2-6-26-19(22)23)15(32)10-31-9-12(16(21)33)29-18(35)14(31)5-3-7-27-20(24)25/h11-14H,2-10H2,1H3,(H2,21,33)(H,28,34)(H,29,35)(H4,22,23,26)(H4,24,25,27)/t11-,12-,13+,14+/m1/s1. The normalized spacial score (nSPS) is 25.3. The van der Waals surface area contributed by atoms with Crippen LogP contribution in [0.2, 0.25) is 0 Å². The van der Waals surface area contributed by atoms with Crippen LogP contribution in [0.25, 0.3) is 0 Å². The zero-order valence-corrected chi connectivity index (χ0v) is 19.9. The van der Waals surface area contributed by atoms with Crippen molar-refractivity contribution in [3.05, 3.63) is 0 Å². The van der Waals surface area contributed by atoms with Gasteiger partial charge < -0.3 is 38.5 Å². The number of Topliss-reactive ketones (excluding diaryl/α,β-unsaturated/α-hetero) is 1. The van der Waals surface area contributed by atoms with Crippen molar-refractivity contribution in [1.82, 2.24) is 31.1 Å². The molecule has 4 atom stereocenters. The van der Waals surface area contributed by atoms with Gasteiger partial charge in [0.1, 0.15) is 12.1 Å². The van der Waals surface area contributed by atoms with Crippen molar-refractivity contribution in [1.29, 1.82) is 10.8 Å². The molecule has 15 nitrogen and oxygen atoms in total. The fraction of sp³-hybridized carbons (Fsp3) is 0.700. The molecule has 2 fully saturated rings. The topological polar surface area (TPSA) is 249 Å². The molecule has 0 aromatic rings. The summed E-state index contributed by atoms with van der Waals surface area (Å²) >= 11 is 0. The number of carbonyl (C=O) groups is 4. The maximum absolute atomic E-state index is 13.1. The molecule has 15 heteroatoms. The average Bonchev–Trinajstić information content (AvgIpc) is 2.76. The summed E-state index contributed by atoms with van der Waals surface area (Å²) in [6.45, 7) is 1.11. The van der Waals surface area contributed by atoms with E-state index in [-0.39, 0.29) is 36.7 Å². The molecule has 196 valence electrons. The van der Waals surface area contributed by atoms with Crippen molar-refractivity contribution in [2.75, 3.05) is 39.8 Å². The first-order chi connectivity index (χ1) is 16.5. The lowest BCUT2D eigenvalue weighted by molar-refractivity contribution is -0.140. The quantitative estimate of drug-likeness (QED) is 0.0713. The van der Waals surface area contributed by atoms with E-state index in [4.69, 9.17) is 28.0 Å². The summed E-state index contributed by atoms with van der Waals surface area (Å²) < 4.78 is 0. The highest BCUT2D eigenvalue weighted by Crippen LogP contribution is 2.16. The Labute approximate surface area is 203 Å². The highest BCUT2D eigenvalue weighted by Gasteiger charge is 2.40. The van der Waals surface area contributed by atoms with Crippen LogP contribution in [0.4, 0.5) is 0 Å². The van der Waals surface area contributed by atoms with Crippen LogP contribution in [0.15, 0.2) is 0 Å². The molecular weight excluding hydrogens is 458 g/mol. The van der Waals surface area contributed by atoms with E-state index in [2.05, 4.69) is 21.3 Å². The van der Waals surface area contributed by atoms with Gasteiger partial charge in [0.25, 0.3) is 0 Å². The van der Waals surface area contributed by atoms with Gasteiger partial charge in [-0.15, -0.1) is 0 Å². The number of rotatable bonds is 12. The van der Waals surface area contributed by atoms with E-state index >= 15 is 0 Å². The minimum Gasteiger partial charge on any atom is -0.370 e. The molecule has 0 aromatic carbocycles. The van der Waals surface area contributed by atoms with Gasteiger partial charge in [0, 0.05) is 26.2 Å². The van der Waals surface area contributed by atoms with Gasteiger partial charge in [-0.2, -0.15) is 0 Å². The van der Waals surface area contributed by atoms with Crippen LogP contribution in [0.1, 0.15) is 25.7 Å². The number of nitrogens with two attached hydrogens (primary N) is 3. The maximum Gasteiger partial charge on any atom is 0.241 e. The van der Waals surface area contributed by atoms with Gasteiger partial charge in [0.15, 0.2) is 17.7 Å². The van der Waals surface area contributed by atoms with E-state index in [9.17, 15) is 19.2 Å². The highest BCUT2D eigenvalue weighted by atomic mass is 16.2. The fourth-order valence-corrected chi connectivity index (χ4v) is 4.30. The monoisotopic (exact) mass is 495 g/mol. The van der Waals surface area contributed by atoms with Gasteiger partial charge in [-0.3, -0.25) is 39.8 Å². The van der Waals surface area contributed by atoms with Crippen LogP contribution in [-0.4, -0.2) is 109 Å². The molecule has 0 spiro atoms. The Kier molecular flexibility index (Phi) is 10.2. The second kappa shape index (κ2) is 12.9. The predicted molar refractivity (Wildman–Crippen MR) is 128 cm³/mol. The summed E-state index contributed by atoms with van der Waals surface area (Å²) in [6, 6.07) is -2.74. The molecule has 2 aliphatic rings. The van der Waals surface area contributed by atoms with E-state index in [0.717, 1.165) is 0 Å². The van der Waals surface area contributed by atoms with Crippen molar-refractivity contribution in [2.24, 2.45) is 17.2 Å². The Morgan fingerprint density at radius 1 is 0.914 bits per heavy atom. The molecule has 0 aliphatic carbocycles. The van der Waals surface area contributed by atoms with E-state index in [1.165, 1.54) is 0 Å². The number of hydrogen-bond donors (Lipinski definition) is 9. The molecule has 0 unspecified atom stereocenters. The molecule has 2 rings (SSSR count). The van der Waals surface area contributed by atoms with Crippen LogP contribution >= 0.6 is 0 Å². The summed E-state index contributed by atoms with van der Waals surface area (Å²) in [5.74, 6) is -1.94. The van der Waals surface area contributed by atoms with Gasteiger partial charge in [-0.05, 0) is 32.7 Å².